The van der Waals surface area contributed by atoms with E-state index in [4.69, 9.17) is 10.5 Å². The predicted octanol–water partition coefficient (Wildman–Crippen LogP) is 0.630. The Balaban J connectivity index is 2.57. The van der Waals surface area contributed by atoms with Crippen molar-refractivity contribution in [2.24, 2.45) is 5.73 Å². The average Bonchev–Trinajstić information content (AvgIpc) is 2.27. The lowest BCUT2D eigenvalue weighted by Crippen LogP contribution is -2.41. The smallest absolute Gasteiger partial charge is 0.318 e. The molecule has 0 bridgehead atoms. The molecule has 0 atom stereocenters. The zero-order valence-electron chi connectivity index (χ0n) is 11.4. The van der Waals surface area contributed by atoms with Gasteiger partial charge in [0.2, 0.25) is 5.91 Å². The summed E-state index contributed by atoms with van der Waals surface area (Å²) in [5, 5.41) is 2.03. The Morgan fingerprint density at radius 2 is 2.11 bits per heavy atom. The quantitative estimate of drug-likeness (QED) is 0.817. The molecule has 6 nitrogen and oxygen atoms in total. The lowest BCUT2D eigenvalue weighted by molar-refractivity contribution is -0.120. The van der Waals surface area contributed by atoms with Crippen molar-refractivity contribution in [2.75, 3.05) is 20.7 Å². The predicted molar refractivity (Wildman–Crippen MR) is 71.8 cm³/mol. The van der Waals surface area contributed by atoms with Gasteiger partial charge < -0.3 is 10.5 Å². The van der Waals surface area contributed by atoms with Gasteiger partial charge in [-0.3, -0.25) is 15.0 Å². The van der Waals surface area contributed by atoms with E-state index >= 15 is 0 Å². The van der Waals surface area contributed by atoms with Crippen LogP contribution in [-0.2, 0) is 11.3 Å². The average molecular weight is 265 g/mol. The SMILES string of the molecule is COc1ccc(CN(C)CC(=O)NC(N)=O)cc1C. The number of carbonyl (C=O) groups excluding carboxylic acids is 2. The van der Waals surface area contributed by atoms with E-state index in [9.17, 15) is 9.59 Å². The van der Waals surface area contributed by atoms with Gasteiger partial charge in [0.1, 0.15) is 5.75 Å². The van der Waals surface area contributed by atoms with Crippen molar-refractivity contribution in [3.05, 3.63) is 29.3 Å². The van der Waals surface area contributed by atoms with Gasteiger partial charge in [0, 0.05) is 6.54 Å². The van der Waals surface area contributed by atoms with E-state index < -0.39 is 11.9 Å². The normalized spacial score (nSPS) is 10.3. The first-order valence-electron chi connectivity index (χ1n) is 5.83. The van der Waals surface area contributed by atoms with Gasteiger partial charge in [-0.1, -0.05) is 12.1 Å². The van der Waals surface area contributed by atoms with Crippen molar-refractivity contribution in [3.63, 3.8) is 0 Å². The Morgan fingerprint density at radius 3 is 2.63 bits per heavy atom. The summed E-state index contributed by atoms with van der Waals surface area (Å²) in [6, 6.07) is 5.00. The molecule has 104 valence electrons. The molecule has 1 aromatic carbocycles. The fourth-order valence-corrected chi connectivity index (χ4v) is 1.83. The van der Waals surface area contributed by atoms with Crippen molar-refractivity contribution in [1.29, 1.82) is 0 Å². The molecule has 0 aromatic heterocycles. The third kappa shape index (κ3) is 4.97. The topological polar surface area (TPSA) is 84.7 Å². The first kappa shape index (κ1) is 15.0. The molecule has 0 unspecified atom stereocenters. The lowest BCUT2D eigenvalue weighted by Gasteiger charge is -2.16. The number of likely N-dealkylation sites (N-methyl/N-ethyl adjacent to an activating group) is 1. The van der Waals surface area contributed by atoms with Gasteiger partial charge in [0.05, 0.1) is 13.7 Å². The second-order valence-electron chi connectivity index (χ2n) is 4.39. The molecule has 0 aliphatic heterocycles. The molecule has 0 fully saturated rings. The lowest BCUT2D eigenvalue weighted by atomic mass is 10.1. The molecule has 19 heavy (non-hydrogen) atoms. The van der Waals surface area contributed by atoms with Gasteiger partial charge >= 0.3 is 6.03 Å². The minimum atomic E-state index is -0.835. The highest BCUT2D eigenvalue weighted by Gasteiger charge is 2.09. The highest BCUT2D eigenvalue weighted by atomic mass is 16.5. The van der Waals surface area contributed by atoms with Crippen LogP contribution in [0.15, 0.2) is 18.2 Å². The number of aryl methyl sites for hydroxylation is 1. The van der Waals surface area contributed by atoms with Crippen LogP contribution in [-0.4, -0.2) is 37.5 Å². The first-order chi connectivity index (χ1) is 8.92. The van der Waals surface area contributed by atoms with Crippen LogP contribution in [0.2, 0.25) is 0 Å². The summed E-state index contributed by atoms with van der Waals surface area (Å²) in [5.74, 6) is 0.415. The fraction of sp³-hybridized carbons (Fsp3) is 0.385. The number of nitrogens with two attached hydrogens (primary N) is 1. The van der Waals surface area contributed by atoms with Crippen molar-refractivity contribution < 1.29 is 14.3 Å². The second-order valence-corrected chi connectivity index (χ2v) is 4.39. The summed E-state index contributed by atoms with van der Waals surface area (Å²) in [4.78, 5) is 23.7. The van der Waals surface area contributed by atoms with Crippen LogP contribution in [0.3, 0.4) is 0 Å². The monoisotopic (exact) mass is 265 g/mol. The number of primary amides is 1. The highest BCUT2D eigenvalue weighted by molar-refractivity contribution is 5.94. The zero-order chi connectivity index (χ0) is 14.4. The molecule has 0 heterocycles. The molecular formula is C13H19N3O3. The van der Waals surface area contributed by atoms with Crippen molar-refractivity contribution in [2.45, 2.75) is 13.5 Å². The number of urea groups is 1. The third-order valence-electron chi connectivity index (χ3n) is 2.59. The molecule has 0 aliphatic rings. The molecular weight excluding hydrogens is 246 g/mol. The number of benzene rings is 1. The van der Waals surface area contributed by atoms with Crippen molar-refractivity contribution in [3.8, 4) is 5.75 Å². The fourth-order valence-electron chi connectivity index (χ4n) is 1.83. The molecule has 1 rings (SSSR count). The Hall–Kier alpha value is -2.08. The largest absolute Gasteiger partial charge is 0.496 e. The number of nitrogens with one attached hydrogen (secondary N) is 1. The molecule has 0 aliphatic carbocycles. The van der Waals surface area contributed by atoms with Crippen molar-refractivity contribution >= 4 is 11.9 Å². The van der Waals surface area contributed by atoms with E-state index in [1.165, 1.54) is 0 Å². The summed E-state index contributed by atoms with van der Waals surface area (Å²) < 4.78 is 5.18. The van der Waals surface area contributed by atoms with Crippen LogP contribution in [0.25, 0.3) is 0 Å². The van der Waals surface area contributed by atoms with Crippen LogP contribution in [0, 0.1) is 6.92 Å². The standard InChI is InChI=1S/C13H19N3O3/c1-9-6-10(4-5-11(9)19-3)7-16(2)8-12(17)15-13(14)18/h4-6H,7-8H2,1-3H3,(H3,14,15,17,18). The van der Waals surface area contributed by atoms with Gasteiger partial charge in [-0.25, -0.2) is 4.79 Å². The van der Waals surface area contributed by atoms with E-state index in [1.54, 1.807) is 19.1 Å². The second kappa shape index (κ2) is 6.75. The van der Waals surface area contributed by atoms with E-state index in [1.807, 2.05) is 30.4 Å². The van der Waals surface area contributed by atoms with Crippen LogP contribution in [0.1, 0.15) is 11.1 Å². The molecule has 0 saturated heterocycles. The highest BCUT2D eigenvalue weighted by Crippen LogP contribution is 2.19. The summed E-state index contributed by atoms with van der Waals surface area (Å²) in [6.07, 6.45) is 0. The van der Waals surface area contributed by atoms with E-state index in [0.29, 0.717) is 6.54 Å². The number of imide groups is 1. The molecule has 0 radical (unpaired) electrons. The van der Waals surface area contributed by atoms with Crippen LogP contribution >= 0.6 is 0 Å². The molecule has 0 saturated carbocycles. The summed E-state index contributed by atoms with van der Waals surface area (Å²) >= 11 is 0. The first-order valence-corrected chi connectivity index (χ1v) is 5.83. The van der Waals surface area contributed by atoms with Gasteiger partial charge in [-0.15, -0.1) is 0 Å². The summed E-state index contributed by atoms with van der Waals surface area (Å²) in [5.41, 5.74) is 6.97. The summed E-state index contributed by atoms with van der Waals surface area (Å²) in [6.45, 7) is 2.66. The Morgan fingerprint density at radius 1 is 1.42 bits per heavy atom. The molecule has 6 heteroatoms. The third-order valence-corrected chi connectivity index (χ3v) is 2.59. The van der Waals surface area contributed by atoms with Gasteiger partial charge in [-0.2, -0.15) is 0 Å². The number of rotatable bonds is 5. The molecule has 1 aromatic rings. The number of ether oxygens (including phenoxy) is 1. The number of methoxy groups -OCH3 is 1. The number of hydrogen-bond donors (Lipinski definition) is 2. The zero-order valence-corrected chi connectivity index (χ0v) is 11.4. The maximum Gasteiger partial charge on any atom is 0.318 e. The number of nitrogens with zero attached hydrogens (tertiary/aromatic N) is 1. The minimum absolute atomic E-state index is 0.105. The van der Waals surface area contributed by atoms with Gasteiger partial charge in [-0.05, 0) is 31.2 Å². The number of hydrogen-bond acceptors (Lipinski definition) is 4. The maximum atomic E-state index is 11.3. The van der Waals surface area contributed by atoms with E-state index in [2.05, 4.69) is 0 Å². The van der Waals surface area contributed by atoms with Crippen molar-refractivity contribution in [1.82, 2.24) is 10.2 Å². The summed E-state index contributed by atoms with van der Waals surface area (Å²) in [7, 11) is 3.42. The van der Waals surface area contributed by atoms with Gasteiger partial charge in [0.15, 0.2) is 0 Å². The molecule has 3 N–H and O–H groups in total. The van der Waals surface area contributed by atoms with Crippen LogP contribution in [0.4, 0.5) is 4.79 Å². The Bertz CT molecular complexity index is 474. The number of amides is 3. The van der Waals surface area contributed by atoms with Gasteiger partial charge in [0.25, 0.3) is 0 Å². The number of carbonyl (C=O) groups is 2. The maximum absolute atomic E-state index is 11.3. The Kier molecular flexibility index (Phi) is 5.32. The minimum Gasteiger partial charge on any atom is -0.496 e. The van der Waals surface area contributed by atoms with Crippen LogP contribution < -0.4 is 15.8 Å². The van der Waals surface area contributed by atoms with E-state index in [0.717, 1.165) is 16.9 Å². The molecule has 0 spiro atoms. The van der Waals surface area contributed by atoms with Crippen LogP contribution in [0.5, 0.6) is 5.75 Å². The van der Waals surface area contributed by atoms with E-state index in [-0.39, 0.29) is 6.54 Å². The molecule has 3 amide bonds. The Labute approximate surface area is 112 Å².